The number of hydrogen-bond acceptors (Lipinski definition) is 2. The minimum atomic E-state index is -0.150. The van der Waals surface area contributed by atoms with Gasteiger partial charge in [-0.2, -0.15) is 0 Å². The molecule has 1 unspecified atom stereocenters. The molecule has 0 aromatic heterocycles. The summed E-state index contributed by atoms with van der Waals surface area (Å²) >= 11 is 0. The van der Waals surface area contributed by atoms with E-state index in [9.17, 15) is 4.39 Å². The topological polar surface area (TPSA) is 21.3 Å². The Hall–Kier alpha value is -0.930. The number of nitrogens with one attached hydrogen (secondary N) is 1. The Labute approximate surface area is 109 Å². The Kier molecular flexibility index (Phi) is 5.14. The summed E-state index contributed by atoms with van der Waals surface area (Å²) in [4.78, 5) is 0. The molecular weight excluding hydrogens is 229 g/mol. The van der Waals surface area contributed by atoms with Crippen LogP contribution in [0.15, 0.2) is 24.3 Å². The van der Waals surface area contributed by atoms with Crippen LogP contribution in [0.3, 0.4) is 0 Å². The molecule has 0 aliphatic heterocycles. The molecule has 0 amide bonds. The fraction of sp³-hybridized carbons (Fsp3) is 0.600. The van der Waals surface area contributed by atoms with Gasteiger partial charge >= 0.3 is 0 Å². The van der Waals surface area contributed by atoms with Crippen molar-refractivity contribution < 1.29 is 9.13 Å². The minimum absolute atomic E-state index is 0.0354. The van der Waals surface area contributed by atoms with Crippen LogP contribution in [0.1, 0.15) is 44.2 Å². The van der Waals surface area contributed by atoms with E-state index >= 15 is 0 Å². The number of ether oxygens (including phenoxy) is 1. The van der Waals surface area contributed by atoms with Crippen molar-refractivity contribution in [3.63, 3.8) is 0 Å². The zero-order chi connectivity index (χ0) is 12.8. The second-order valence-corrected chi connectivity index (χ2v) is 4.91. The Balaban J connectivity index is 1.96. The first-order valence-electron chi connectivity index (χ1n) is 6.90. The van der Waals surface area contributed by atoms with Gasteiger partial charge in [-0.15, -0.1) is 0 Å². The first kappa shape index (κ1) is 13.5. The average molecular weight is 251 g/mol. The van der Waals surface area contributed by atoms with Crippen LogP contribution in [-0.4, -0.2) is 19.3 Å². The van der Waals surface area contributed by atoms with E-state index in [4.69, 9.17) is 4.74 Å². The summed E-state index contributed by atoms with van der Waals surface area (Å²) in [5.74, 6) is -0.150. The van der Waals surface area contributed by atoms with Crippen LogP contribution in [-0.2, 0) is 4.74 Å². The molecule has 100 valence electrons. The standard InChI is InChI=1S/C15H22FNO/c1-2-10-17-15(11-18-12-6-5-7-12)13-8-3-4-9-14(13)16/h3-4,8-9,12,15,17H,2,5-7,10-11H2,1H3. The first-order valence-corrected chi connectivity index (χ1v) is 6.90. The molecule has 1 fully saturated rings. The molecule has 2 rings (SSSR count). The molecule has 0 bridgehead atoms. The van der Waals surface area contributed by atoms with Gasteiger partial charge in [-0.3, -0.25) is 0 Å². The maximum absolute atomic E-state index is 13.8. The van der Waals surface area contributed by atoms with Crippen molar-refractivity contribution in [1.29, 1.82) is 0 Å². The molecule has 1 saturated carbocycles. The van der Waals surface area contributed by atoms with E-state index in [0.717, 1.165) is 25.8 Å². The quantitative estimate of drug-likeness (QED) is 0.801. The first-order chi connectivity index (χ1) is 8.81. The van der Waals surface area contributed by atoms with Gasteiger partial charge in [0, 0.05) is 5.56 Å². The maximum atomic E-state index is 13.8. The molecule has 0 saturated heterocycles. The largest absolute Gasteiger partial charge is 0.376 e. The second kappa shape index (κ2) is 6.86. The molecule has 3 heteroatoms. The predicted molar refractivity (Wildman–Crippen MR) is 71.0 cm³/mol. The number of hydrogen-bond donors (Lipinski definition) is 1. The van der Waals surface area contributed by atoms with Crippen molar-refractivity contribution in [2.24, 2.45) is 0 Å². The minimum Gasteiger partial charge on any atom is -0.376 e. The molecule has 18 heavy (non-hydrogen) atoms. The van der Waals surface area contributed by atoms with Crippen molar-refractivity contribution in [2.45, 2.75) is 44.8 Å². The van der Waals surface area contributed by atoms with Crippen LogP contribution >= 0.6 is 0 Å². The fourth-order valence-electron chi connectivity index (χ4n) is 2.10. The monoisotopic (exact) mass is 251 g/mol. The molecule has 0 radical (unpaired) electrons. The second-order valence-electron chi connectivity index (χ2n) is 4.91. The van der Waals surface area contributed by atoms with Gasteiger partial charge in [0.15, 0.2) is 0 Å². The van der Waals surface area contributed by atoms with E-state index in [0.29, 0.717) is 18.3 Å². The molecule has 0 spiro atoms. The van der Waals surface area contributed by atoms with Gasteiger partial charge in [-0.1, -0.05) is 25.1 Å². The number of benzene rings is 1. The Morgan fingerprint density at radius 3 is 2.78 bits per heavy atom. The zero-order valence-corrected chi connectivity index (χ0v) is 11.0. The Morgan fingerprint density at radius 2 is 2.17 bits per heavy atom. The van der Waals surface area contributed by atoms with Crippen LogP contribution in [0, 0.1) is 5.82 Å². The molecule has 1 aliphatic rings. The van der Waals surface area contributed by atoms with Crippen LogP contribution in [0.5, 0.6) is 0 Å². The summed E-state index contributed by atoms with van der Waals surface area (Å²) in [6, 6.07) is 6.92. The summed E-state index contributed by atoms with van der Waals surface area (Å²) in [5.41, 5.74) is 0.713. The van der Waals surface area contributed by atoms with Crippen molar-refractivity contribution in [2.75, 3.05) is 13.2 Å². The lowest BCUT2D eigenvalue weighted by molar-refractivity contribution is -0.00914. The Morgan fingerprint density at radius 1 is 1.39 bits per heavy atom. The van der Waals surface area contributed by atoms with Crippen molar-refractivity contribution in [3.05, 3.63) is 35.6 Å². The number of rotatable bonds is 7. The van der Waals surface area contributed by atoms with E-state index in [1.165, 1.54) is 12.5 Å². The lowest BCUT2D eigenvalue weighted by Gasteiger charge is -2.28. The van der Waals surface area contributed by atoms with Crippen molar-refractivity contribution in [3.8, 4) is 0 Å². The molecule has 1 N–H and O–H groups in total. The molecule has 1 atom stereocenters. The highest BCUT2D eigenvalue weighted by molar-refractivity contribution is 5.21. The van der Waals surface area contributed by atoms with Crippen LogP contribution in [0.4, 0.5) is 4.39 Å². The van der Waals surface area contributed by atoms with Crippen LogP contribution in [0.2, 0.25) is 0 Å². The smallest absolute Gasteiger partial charge is 0.128 e. The molecule has 0 heterocycles. The van der Waals surface area contributed by atoms with Gasteiger partial charge in [0.05, 0.1) is 18.8 Å². The van der Waals surface area contributed by atoms with Gasteiger partial charge in [0.25, 0.3) is 0 Å². The summed E-state index contributed by atoms with van der Waals surface area (Å²) < 4.78 is 19.6. The molecule has 1 aromatic carbocycles. The summed E-state index contributed by atoms with van der Waals surface area (Å²) in [6.07, 6.45) is 4.99. The molecule has 1 aliphatic carbocycles. The summed E-state index contributed by atoms with van der Waals surface area (Å²) in [6.45, 7) is 3.55. The highest BCUT2D eigenvalue weighted by Crippen LogP contribution is 2.24. The lowest BCUT2D eigenvalue weighted by atomic mass is 9.96. The van der Waals surface area contributed by atoms with Gasteiger partial charge in [-0.25, -0.2) is 4.39 Å². The van der Waals surface area contributed by atoms with E-state index < -0.39 is 0 Å². The van der Waals surface area contributed by atoms with Crippen molar-refractivity contribution >= 4 is 0 Å². The highest BCUT2D eigenvalue weighted by atomic mass is 19.1. The third kappa shape index (κ3) is 3.53. The van der Waals surface area contributed by atoms with Gasteiger partial charge < -0.3 is 10.1 Å². The SMILES string of the molecule is CCCNC(COC1CCC1)c1ccccc1F. The third-order valence-electron chi connectivity index (χ3n) is 3.47. The van der Waals surface area contributed by atoms with E-state index in [1.54, 1.807) is 6.07 Å². The van der Waals surface area contributed by atoms with Crippen LogP contribution in [0.25, 0.3) is 0 Å². The lowest BCUT2D eigenvalue weighted by Crippen LogP contribution is -2.31. The number of halogens is 1. The fourth-order valence-corrected chi connectivity index (χ4v) is 2.10. The normalized spacial score (nSPS) is 17.4. The molecule has 1 aromatic rings. The predicted octanol–water partition coefficient (Wildman–Crippen LogP) is 3.44. The summed E-state index contributed by atoms with van der Waals surface area (Å²) in [5, 5.41) is 3.37. The van der Waals surface area contributed by atoms with Gasteiger partial charge in [-0.05, 0) is 38.3 Å². The van der Waals surface area contributed by atoms with E-state index in [1.807, 2.05) is 12.1 Å². The van der Waals surface area contributed by atoms with E-state index in [2.05, 4.69) is 12.2 Å². The maximum Gasteiger partial charge on any atom is 0.128 e. The van der Waals surface area contributed by atoms with Gasteiger partial charge in [0.1, 0.15) is 5.82 Å². The highest BCUT2D eigenvalue weighted by Gasteiger charge is 2.21. The summed E-state index contributed by atoms with van der Waals surface area (Å²) in [7, 11) is 0. The van der Waals surface area contributed by atoms with Crippen molar-refractivity contribution in [1.82, 2.24) is 5.32 Å². The van der Waals surface area contributed by atoms with E-state index in [-0.39, 0.29) is 11.9 Å². The van der Waals surface area contributed by atoms with Crippen LogP contribution < -0.4 is 5.32 Å². The Bertz CT molecular complexity index is 365. The van der Waals surface area contributed by atoms with Gasteiger partial charge in [0.2, 0.25) is 0 Å². The molecule has 2 nitrogen and oxygen atoms in total. The third-order valence-corrected chi connectivity index (χ3v) is 3.47. The zero-order valence-electron chi connectivity index (χ0n) is 11.0. The molecular formula is C15H22FNO. The average Bonchev–Trinajstić information content (AvgIpc) is 2.32.